The van der Waals surface area contributed by atoms with Crippen molar-refractivity contribution in [2.24, 2.45) is 0 Å². The fraction of sp³-hybridized carbons (Fsp3) is 0.320. The number of hydrogen-bond donors (Lipinski definition) is 2. The molecule has 0 aliphatic carbocycles. The van der Waals surface area contributed by atoms with E-state index in [1.165, 1.54) is 31.5 Å². The van der Waals surface area contributed by atoms with Crippen LogP contribution in [-0.4, -0.2) is 43.6 Å². The number of aryl methyl sites for hydroxylation is 1. The minimum Gasteiger partial charge on any atom is -0.481 e. The van der Waals surface area contributed by atoms with Crippen LogP contribution in [0.2, 0.25) is 0 Å². The normalized spacial score (nSPS) is 14.5. The Balaban J connectivity index is 1.53. The van der Waals surface area contributed by atoms with E-state index in [1.807, 2.05) is 24.3 Å². The second-order valence-electron chi connectivity index (χ2n) is 8.52. The van der Waals surface area contributed by atoms with Gasteiger partial charge in [-0.2, -0.15) is 0 Å². The Morgan fingerprint density at radius 3 is 2.38 bits per heavy atom. The summed E-state index contributed by atoms with van der Waals surface area (Å²) in [6.45, 7) is 3.95. The zero-order valence-electron chi connectivity index (χ0n) is 18.0. The number of carbonyl (C=O) groups is 1. The van der Waals surface area contributed by atoms with E-state index < -0.39 is 5.97 Å². The Hall–Kier alpha value is -3.45. The molecule has 0 atom stereocenters. The summed E-state index contributed by atoms with van der Waals surface area (Å²) in [6.07, 6.45) is 2.93. The number of anilines is 1. The van der Waals surface area contributed by atoms with E-state index >= 15 is 0 Å². The van der Waals surface area contributed by atoms with Gasteiger partial charge in [-0.15, -0.1) is 0 Å². The predicted octanol–water partition coefficient (Wildman–Crippen LogP) is 3.83. The van der Waals surface area contributed by atoms with E-state index in [4.69, 9.17) is 10.7 Å². The van der Waals surface area contributed by atoms with E-state index in [0.717, 1.165) is 28.5 Å². The average molecular weight is 430 g/mol. The first-order chi connectivity index (χ1) is 15.6. The molecule has 0 radical (unpaired) electrons. The van der Waals surface area contributed by atoms with Crippen molar-refractivity contribution in [2.75, 3.05) is 18.8 Å². The number of pyridine rings is 1. The van der Waals surface area contributed by atoms with E-state index in [9.17, 15) is 9.90 Å². The number of nitrogen functional groups attached to an aromatic ring is 1. The number of para-hydroxylation sites is 1. The van der Waals surface area contributed by atoms with Crippen molar-refractivity contribution in [2.45, 2.75) is 38.8 Å². The molecule has 1 aliphatic heterocycles. The van der Waals surface area contributed by atoms with Gasteiger partial charge < -0.3 is 15.4 Å². The zero-order chi connectivity index (χ0) is 22.1. The van der Waals surface area contributed by atoms with Crippen molar-refractivity contribution in [1.82, 2.24) is 19.4 Å². The summed E-state index contributed by atoms with van der Waals surface area (Å²) in [5.74, 6) is 0.245. The van der Waals surface area contributed by atoms with Crippen LogP contribution in [0.25, 0.3) is 21.9 Å². The SMILES string of the molecule is Nc1nc2ccccc2c2c1nc(CCC(=O)O)n2Cc1ccc(CN2CCCC2)cc1. The number of imidazole rings is 1. The molecule has 0 amide bonds. The van der Waals surface area contributed by atoms with Gasteiger partial charge in [-0.1, -0.05) is 42.5 Å². The Kier molecular flexibility index (Phi) is 5.49. The third-order valence-electron chi connectivity index (χ3n) is 6.22. The number of fused-ring (bicyclic) bond motifs is 3. The molecule has 3 N–H and O–H groups in total. The van der Waals surface area contributed by atoms with Gasteiger partial charge in [0.1, 0.15) is 11.3 Å². The highest BCUT2D eigenvalue weighted by atomic mass is 16.4. The zero-order valence-corrected chi connectivity index (χ0v) is 18.0. The Morgan fingerprint density at radius 1 is 0.969 bits per heavy atom. The summed E-state index contributed by atoms with van der Waals surface area (Å²) in [5.41, 5.74) is 11.1. The molecule has 7 heteroatoms. The van der Waals surface area contributed by atoms with E-state index in [2.05, 4.69) is 38.7 Å². The van der Waals surface area contributed by atoms with Gasteiger partial charge in [-0.25, -0.2) is 9.97 Å². The van der Waals surface area contributed by atoms with Crippen LogP contribution in [0.4, 0.5) is 5.82 Å². The summed E-state index contributed by atoms with van der Waals surface area (Å²) in [4.78, 5) is 23.0. The van der Waals surface area contributed by atoms with Crippen LogP contribution in [-0.2, 0) is 24.3 Å². The summed E-state index contributed by atoms with van der Waals surface area (Å²) in [5, 5.41) is 10.2. The van der Waals surface area contributed by atoms with Crippen molar-refractivity contribution < 1.29 is 9.90 Å². The molecular weight excluding hydrogens is 402 g/mol. The van der Waals surface area contributed by atoms with E-state index in [0.29, 0.717) is 30.1 Å². The average Bonchev–Trinajstić information content (AvgIpc) is 3.42. The number of likely N-dealkylation sites (tertiary alicyclic amines) is 1. The lowest BCUT2D eigenvalue weighted by Crippen LogP contribution is -2.18. The topological polar surface area (TPSA) is 97.3 Å². The van der Waals surface area contributed by atoms with Gasteiger partial charge >= 0.3 is 5.97 Å². The molecule has 0 bridgehead atoms. The molecule has 164 valence electrons. The van der Waals surface area contributed by atoms with E-state index in [-0.39, 0.29) is 6.42 Å². The fourth-order valence-corrected chi connectivity index (χ4v) is 4.62. The van der Waals surface area contributed by atoms with Gasteiger partial charge in [0.2, 0.25) is 0 Å². The monoisotopic (exact) mass is 429 g/mol. The standard InChI is InChI=1S/C25H27N5O2/c26-25-23-24(19-5-1-2-6-20(19)27-25)30(21(28-23)11-12-22(31)32)16-18-9-7-17(8-10-18)15-29-13-3-4-14-29/h1-2,5-10H,3-4,11-16H2,(H2,26,27)(H,31,32). The maximum atomic E-state index is 11.2. The van der Waals surface area contributed by atoms with E-state index in [1.54, 1.807) is 0 Å². The summed E-state index contributed by atoms with van der Waals surface area (Å²) >= 11 is 0. The molecule has 0 saturated carbocycles. The maximum absolute atomic E-state index is 11.2. The number of hydrogen-bond acceptors (Lipinski definition) is 5. The van der Waals surface area contributed by atoms with Gasteiger partial charge in [-0.3, -0.25) is 9.69 Å². The van der Waals surface area contributed by atoms with Crippen LogP contribution in [0.5, 0.6) is 0 Å². The predicted molar refractivity (Wildman–Crippen MR) is 125 cm³/mol. The van der Waals surface area contributed by atoms with Crippen molar-refractivity contribution in [3.05, 3.63) is 65.5 Å². The molecule has 2 aromatic carbocycles. The summed E-state index contributed by atoms with van der Waals surface area (Å²) in [6, 6.07) is 16.6. The van der Waals surface area contributed by atoms with Gasteiger partial charge in [0, 0.05) is 24.9 Å². The van der Waals surface area contributed by atoms with Gasteiger partial charge in [0.25, 0.3) is 0 Å². The van der Waals surface area contributed by atoms with Crippen molar-refractivity contribution >= 4 is 33.7 Å². The highest BCUT2D eigenvalue weighted by Gasteiger charge is 2.18. The van der Waals surface area contributed by atoms with Crippen molar-refractivity contribution in [1.29, 1.82) is 0 Å². The van der Waals surface area contributed by atoms with Gasteiger partial charge in [0.15, 0.2) is 5.82 Å². The Morgan fingerprint density at radius 2 is 1.66 bits per heavy atom. The molecule has 1 aliphatic rings. The van der Waals surface area contributed by atoms with Crippen LogP contribution in [0.15, 0.2) is 48.5 Å². The Bertz CT molecular complexity index is 1270. The highest BCUT2D eigenvalue weighted by Crippen LogP contribution is 2.30. The molecule has 4 aromatic rings. The van der Waals surface area contributed by atoms with Crippen LogP contribution in [0.1, 0.15) is 36.2 Å². The highest BCUT2D eigenvalue weighted by molar-refractivity contribution is 6.06. The summed E-state index contributed by atoms with van der Waals surface area (Å²) in [7, 11) is 0. The molecule has 32 heavy (non-hydrogen) atoms. The molecule has 1 saturated heterocycles. The third-order valence-corrected chi connectivity index (χ3v) is 6.22. The second kappa shape index (κ2) is 8.59. The minimum atomic E-state index is -0.842. The largest absolute Gasteiger partial charge is 0.481 e. The van der Waals surface area contributed by atoms with Crippen molar-refractivity contribution in [3.63, 3.8) is 0 Å². The molecule has 0 spiro atoms. The lowest BCUT2D eigenvalue weighted by atomic mass is 10.1. The molecule has 1 fully saturated rings. The third kappa shape index (κ3) is 4.03. The number of benzene rings is 2. The number of nitrogens with zero attached hydrogens (tertiary/aromatic N) is 4. The fourth-order valence-electron chi connectivity index (χ4n) is 4.62. The molecular formula is C25H27N5O2. The molecule has 2 aromatic heterocycles. The quantitative estimate of drug-likeness (QED) is 0.463. The van der Waals surface area contributed by atoms with Gasteiger partial charge in [-0.05, 0) is 43.1 Å². The van der Waals surface area contributed by atoms with Crippen LogP contribution in [0, 0.1) is 0 Å². The maximum Gasteiger partial charge on any atom is 0.303 e. The first-order valence-electron chi connectivity index (χ1n) is 11.1. The summed E-state index contributed by atoms with van der Waals surface area (Å²) < 4.78 is 2.11. The minimum absolute atomic E-state index is 0.0172. The molecule has 5 rings (SSSR count). The number of aromatic nitrogens is 3. The Labute approximate surface area is 186 Å². The number of aliphatic carboxylic acids is 1. The number of nitrogens with two attached hydrogens (primary N) is 1. The first kappa shape index (κ1) is 20.5. The second-order valence-corrected chi connectivity index (χ2v) is 8.52. The number of carboxylic acid groups (broad SMARTS) is 1. The molecule has 0 unspecified atom stereocenters. The van der Waals surface area contributed by atoms with Crippen LogP contribution < -0.4 is 5.73 Å². The first-order valence-corrected chi connectivity index (χ1v) is 11.1. The van der Waals surface area contributed by atoms with Crippen LogP contribution in [0.3, 0.4) is 0 Å². The smallest absolute Gasteiger partial charge is 0.303 e. The molecule has 3 heterocycles. The van der Waals surface area contributed by atoms with Gasteiger partial charge in [0.05, 0.1) is 17.5 Å². The van der Waals surface area contributed by atoms with Crippen LogP contribution >= 0.6 is 0 Å². The molecule has 7 nitrogen and oxygen atoms in total. The number of rotatable bonds is 7. The lowest BCUT2D eigenvalue weighted by molar-refractivity contribution is -0.137. The lowest BCUT2D eigenvalue weighted by Gasteiger charge is -2.15. The number of carboxylic acids is 1. The van der Waals surface area contributed by atoms with Crippen molar-refractivity contribution in [3.8, 4) is 0 Å².